The van der Waals surface area contributed by atoms with Gasteiger partial charge < -0.3 is 19.7 Å². The van der Waals surface area contributed by atoms with Crippen LogP contribution in [-0.4, -0.2) is 42.6 Å². The largest absolute Gasteiger partial charge is 0.496 e. The molecule has 3 aromatic rings. The van der Waals surface area contributed by atoms with Gasteiger partial charge in [0, 0.05) is 45.8 Å². The summed E-state index contributed by atoms with van der Waals surface area (Å²) in [5, 5.41) is 11.0. The van der Waals surface area contributed by atoms with Gasteiger partial charge in [0.15, 0.2) is 0 Å². The first-order valence-corrected chi connectivity index (χ1v) is 9.69. The molecule has 2 aromatic carbocycles. The van der Waals surface area contributed by atoms with Crippen LogP contribution >= 0.6 is 11.8 Å². The molecular weight excluding hydrogens is 332 g/mol. The zero-order chi connectivity index (χ0) is 17.4. The zero-order valence-corrected chi connectivity index (χ0v) is 15.3. The number of ether oxygens (including phenoxy) is 1. The van der Waals surface area contributed by atoms with E-state index in [0.29, 0.717) is 6.54 Å². The lowest BCUT2D eigenvalue weighted by molar-refractivity contribution is 0.198. The van der Waals surface area contributed by atoms with Gasteiger partial charge in [-0.25, -0.2) is 0 Å². The topological polar surface area (TPSA) is 48.5 Å². The number of H-pyrrole nitrogens is 1. The van der Waals surface area contributed by atoms with Crippen LogP contribution in [0.5, 0.6) is 5.75 Å². The highest BCUT2D eigenvalue weighted by atomic mass is 32.2. The summed E-state index contributed by atoms with van der Waals surface area (Å²) in [4.78, 5) is 7.03. The Morgan fingerprint density at radius 1 is 1.24 bits per heavy atom. The Labute approximate surface area is 151 Å². The number of nitrogens with one attached hydrogen (secondary N) is 1. The Kier molecular flexibility index (Phi) is 4.36. The summed E-state index contributed by atoms with van der Waals surface area (Å²) in [6.07, 6.45) is 2.67. The number of aromatic nitrogens is 1. The number of benzene rings is 2. The van der Waals surface area contributed by atoms with Crippen molar-refractivity contribution in [2.45, 2.75) is 17.4 Å². The lowest BCUT2D eigenvalue weighted by atomic mass is 10.1. The van der Waals surface area contributed by atoms with Crippen molar-refractivity contribution in [3.8, 4) is 17.0 Å². The van der Waals surface area contributed by atoms with Crippen LogP contribution in [-0.2, 0) is 0 Å². The van der Waals surface area contributed by atoms with Gasteiger partial charge in [-0.05, 0) is 49.1 Å². The van der Waals surface area contributed by atoms with E-state index in [1.165, 1.54) is 16.1 Å². The second kappa shape index (κ2) is 6.65. The highest BCUT2D eigenvalue weighted by Crippen LogP contribution is 2.38. The summed E-state index contributed by atoms with van der Waals surface area (Å²) in [6.45, 7) is 1.57. The second-order valence-electron chi connectivity index (χ2n) is 6.38. The summed E-state index contributed by atoms with van der Waals surface area (Å²) >= 11 is 1.74. The monoisotopic (exact) mass is 354 g/mol. The second-order valence-corrected chi connectivity index (χ2v) is 7.26. The van der Waals surface area contributed by atoms with Crippen molar-refractivity contribution in [2.24, 2.45) is 0 Å². The van der Waals surface area contributed by atoms with Crippen LogP contribution in [0.1, 0.15) is 6.42 Å². The van der Waals surface area contributed by atoms with Crippen LogP contribution in [0, 0.1) is 0 Å². The molecule has 1 aliphatic rings. The van der Waals surface area contributed by atoms with E-state index >= 15 is 0 Å². The minimum absolute atomic E-state index is 0.240. The third-order valence-corrected chi connectivity index (χ3v) is 5.57. The fourth-order valence-electron chi connectivity index (χ4n) is 3.54. The van der Waals surface area contributed by atoms with E-state index in [2.05, 4.69) is 46.5 Å². The maximum absolute atomic E-state index is 9.94. The van der Waals surface area contributed by atoms with Gasteiger partial charge in [0.25, 0.3) is 0 Å². The SMILES string of the molecule is COc1cccc2[nH]c(-c3cc(SC)ccc3N3CCC(O)C3)cc12. The van der Waals surface area contributed by atoms with E-state index in [4.69, 9.17) is 4.74 Å². The van der Waals surface area contributed by atoms with Gasteiger partial charge in [0.05, 0.1) is 13.2 Å². The fourth-order valence-corrected chi connectivity index (χ4v) is 3.98. The van der Waals surface area contributed by atoms with Crippen LogP contribution in [0.4, 0.5) is 5.69 Å². The number of anilines is 1. The molecule has 25 heavy (non-hydrogen) atoms. The van der Waals surface area contributed by atoms with Crippen molar-refractivity contribution in [1.29, 1.82) is 0 Å². The first-order valence-electron chi connectivity index (χ1n) is 8.46. The molecule has 5 heteroatoms. The summed E-state index contributed by atoms with van der Waals surface area (Å²) in [7, 11) is 1.70. The molecule has 130 valence electrons. The van der Waals surface area contributed by atoms with E-state index in [1.807, 2.05) is 12.1 Å². The van der Waals surface area contributed by atoms with Crippen LogP contribution < -0.4 is 9.64 Å². The number of hydrogen-bond acceptors (Lipinski definition) is 4. The minimum atomic E-state index is -0.240. The molecule has 0 saturated carbocycles. The van der Waals surface area contributed by atoms with Gasteiger partial charge >= 0.3 is 0 Å². The number of fused-ring (bicyclic) bond motifs is 1. The molecule has 0 spiro atoms. The smallest absolute Gasteiger partial charge is 0.128 e. The first-order chi connectivity index (χ1) is 12.2. The van der Waals surface area contributed by atoms with Gasteiger partial charge in [-0.3, -0.25) is 0 Å². The molecule has 0 radical (unpaired) electrons. The standard InChI is InChI=1S/C20H22N2O2S/c1-24-20-5-3-4-17-16(20)11-18(21-17)15-10-14(25-2)6-7-19(15)22-9-8-13(23)12-22/h3-7,10-11,13,21,23H,8-9,12H2,1-2H3. The number of β-amino-alcohol motifs (C(OH)–C–C–N with tert-alkyl or cyclic N) is 1. The zero-order valence-electron chi connectivity index (χ0n) is 14.5. The highest BCUT2D eigenvalue weighted by Gasteiger charge is 2.23. The molecule has 1 atom stereocenters. The molecule has 0 aliphatic carbocycles. The van der Waals surface area contributed by atoms with Crippen molar-refractivity contribution in [3.05, 3.63) is 42.5 Å². The predicted octanol–water partition coefficient (Wildman–Crippen LogP) is 4.14. The molecule has 1 aromatic heterocycles. The molecular formula is C20H22N2O2S. The van der Waals surface area contributed by atoms with Crippen LogP contribution in [0.25, 0.3) is 22.2 Å². The molecule has 2 heterocycles. The third kappa shape index (κ3) is 2.98. The molecule has 0 amide bonds. The summed E-state index contributed by atoms with van der Waals surface area (Å²) in [5.74, 6) is 0.874. The highest BCUT2D eigenvalue weighted by molar-refractivity contribution is 7.98. The van der Waals surface area contributed by atoms with E-state index in [1.54, 1.807) is 18.9 Å². The first kappa shape index (κ1) is 16.4. The van der Waals surface area contributed by atoms with Crippen molar-refractivity contribution >= 4 is 28.4 Å². The third-order valence-electron chi connectivity index (χ3n) is 4.84. The number of methoxy groups -OCH3 is 1. The van der Waals surface area contributed by atoms with Crippen LogP contribution in [0.3, 0.4) is 0 Å². The number of nitrogens with zero attached hydrogens (tertiary/aromatic N) is 1. The molecule has 1 saturated heterocycles. The number of aliphatic hydroxyl groups is 1. The average molecular weight is 354 g/mol. The lowest BCUT2D eigenvalue weighted by Crippen LogP contribution is -2.21. The van der Waals surface area contributed by atoms with Crippen LogP contribution in [0.15, 0.2) is 47.4 Å². The molecule has 2 N–H and O–H groups in total. The van der Waals surface area contributed by atoms with Crippen molar-refractivity contribution in [1.82, 2.24) is 4.98 Å². The molecule has 4 rings (SSSR count). The van der Waals surface area contributed by atoms with Crippen molar-refractivity contribution in [2.75, 3.05) is 31.4 Å². The quantitative estimate of drug-likeness (QED) is 0.692. The van der Waals surface area contributed by atoms with Crippen molar-refractivity contribution < 1.29 is 9.84 Å². The molecule has 4 nitrogen and oxygen atoms in total. The van der Waals surface area contributed by atoms with E-state index in [-0.39, 0.29) is 6.10 Å². The number of aromatic amines is 1. The Hall–Kier alpha value is -2.11. The Morgan fingerprint density at radius 2 is 2.12 bits per heavy atom. The Balaban J connectivity index is 1.86. The van der Waals surface area contributed by atoms with Gasteiger partial charge in [-0.2, -0.15) is 0 Å². The molecule has 1 fully saturated rings. The number of hydrogen-bond donors (Lipinski definition) is 2. The van der Waals surface area contributed by atoms with Gasteiger partial charge in [-0.1, -0.05) is 6.07 Å². The number of rotatable bonds is 4. The fraction of sp³-hybridized carbons (Fsp3) is 0.300. The average Bonchev–Trinajstić information content (AvgIpc) is 3.27. The van der Waals surface area contributed by atoms with E-state index in [9.17, 15) is 5.11 Å². The minimum Gasteiger partial charge on any atom is -0.496 e. The number of thioether (sulfide) groups is 1. The molecule has 1 aliphatic heterocycles. The van der Waals surface area contributed by atoms with Gasteiger partial charge in [0.2, 0.25) is 0 Å². The van der Waals surface area contributed by atoms with E-state index in [0.717, 1.165) is 35.3 Å². The number of aliphatic hydroxyl groups excluding tert-OH is 1. The van der Waals surface area contributed by atoms with Gasteiger partial charge in [0.1, 0.15) is 5.75 Å². The maximum Gasteiger partial charge on any atom is 0.128 e. The Bertz CT molecular complexity index is 906. The summed E-state index contributed by atoms with van der Waals surface area (Å²) in [6, 6.07) is 14.7. The predicted molar refractivity (Wildman–Crippen MR) is 105 cm³/mol. The summed E-state index contributed by atoms with van der Waals surface area (Å²) in [5.41, 5.74) is 4.47. The van der Waals surface area contributed by atoms with Crippen molar-refractivity contribution in [3.63, 3.8) is 0 Å². The molecule has 0 bridgehead atoms. The summed E-state index contributed by atoms with van der Waals surface area (Å²) < 4.78 is 5.50. The lowest BCUT2D eigenvalue weighted by Gasteiger charge is -2.21. The maximum atomic E-state index is 9.94. The van der Waals surface area contributed by atoms with E-state index < -0.39 is 0 Å². The van der Waals surface area contributed by atoms with Gasteiger partial charge in [-0.15, -0.1) is 11.8 Å². The molecule has 1 unspecified atom stereocenters. The normalized spacial score (nSPS) is 17.4. The Morgan fingerprint density at radius 3 is 2.84 bits per heavy atom. The van der Waals surface area contributed by atoms with Crippen LogP contribution in [0.2, 0.25) is 0 Å².